The highest BCUT2D eigenvalue weighted by Crippen LogP contribution is 2.24. The van der Waals surface area contributed by atoms with Gasteiger partial charge in [0.15, 0.2) is 5.82 Å². The van der Waals surface area contributed by atoms with Crippen molar-refractivity contribution in [1.29, 1.82) is 0 Å². The van der Waals surface area contributed by atoms with Crippen LogP contribution in [0, 0.1) is 20.8 Å². The Balaban J connectivity index is 1.57. The number of aromatic nitrogens is 5. The molecule has 8 heteroatoms. The molecule has 1 atom stereocenters. The first-order valence-electron chi connectivity index (χ1n) is 9.84. The average molecular weight is 391 g/mol. The van der Waals surface area contributed by atoms with E-state index in [1.54, 1.807) is 12.4 Å². The first-order chi connectivity index (χ1) is 14.0. The summed E-state index contributed by atoms with van der Waals surface area (Å²) in [5.41, 5.74) is 3.48. The normalized spacial score (nSPS) is 16.7. The van der Waals surface area contributed by atoms with Gasteiger partial charge < -0.3 is 10.2 Å². The van der Waals surface area contributed by atoms with Gasteiger partial charge in [-0.05, 0) is 45.7 Å². The van der Waals surface area contributed by atoms with Gasteiger partial charge in [-0.1, -0.05) is 0 Å². The second-order valence-corrected chi connectivity index (χ2v) is 7.49. The molecule has 0 bridgehead atoms. The Morgan fingerprint density at radius 1 is 1.21 bits per heavy atom. The largest absolute Gasteiger partial charge is 0.365 e. The molecule has 3 aromatic heterocycles. The molecule has 1 unspecified atom stereocenters. The van der Waals surface area contributed by atoms with Crippen LogP contribution in [0.5, 0.6) is 0 Å². The monoisotopic (exact) mass is 391 g/mol. The highest BCUT2D eigenvalue weighted by atomic mass is 16.1. The van der Waals surface area contributed by atoms with Crippen molar-refractivity contribution >= 4 is 11.8 Å². The fraction of sp³-hybridized carbons (Fsp3) is 0.381. The molecule has 0 radical (unpaired) electrons. The van der Waals surface area contributed by atoms with Gasteiger partial charge in [-0.15, -0.1) is 0 Å². The van der Waals surface area contributed by atoms with Crippen LogP contribution in [0.25, 0.3) is 11.4 Å². The Hall–Kier alpha value is -3.29. The number of aryl methyl sites for hydroxylation is 2. The van der Waals surface area contributed by atoms with Crippen molar-refractivity contribution in [1.82, 2.24) is 24.9 Å². The van der Waals surface area contributed by atoms with E-state index in [2.05, 4.69) is 30.2 Å². The van der Waals surface area contributed by atoms with Crippen molar-refractivity contribution in [3.8, 4) is 11.4 Å². The number of H-pyrrole nitrogens is 1. The number of rotatable bonds is 4. The van der Waals surface area contributed by atoms with Crippen LogP contribution in [0.1, 0.15) is 29.8 Å². The number of hydrogen-bond donors (Lipinski definition) is 2. The van der Waals surface area contributed by atoms with Crippen LogP contribution in [-0.4, -0.2) is 44.1 Å². The number of nitrogens with zero attached hydrogens (tertiary/aromatic N) is 5. The van der Waals surface area contributed by atoms with Gasteiger partial charge in [0.2, 0.25) is 5.95 Å². The summed E-state index contributed by atoms with van der Waals surface area (Å²) in [5.74, 6) is 2.14. The van der Waals surface area contributed by atoms with E-state index in [4.69, 9.17) is 4.98 Å². The SMILES string of the molecule is Cc1cc(=O)[nH]c(N2CCCC(Nc3nc(-c4cccnc4)nc(C)c3C)C2)n1. The molecule has 0 spiro atoms. The maximum absolute atomic E-state index is 11.8. The third-order valence-corrected chi connectivity index (χ3v) is 5.23. The third-order valence-electron chi connectivity index (χ3n) is 5.23. The molecule has 0 aromatic carbocycles. The van der Waals surface area contributed by atoms with E-state index < -0.39 is 0 Å². The van der Waals surface area contributed by atoms with Gasteiger partial charge in [0.25, 0.3) is 5.56 Å². The second-order valence-electron chi connectivity index (χ2n) is 7.49. The zero-order valence-corrected chi connectivity index (χ0v) is 16.9. The highest BCUT2D eigenvalue weighted by molar-refractivity contribution is 5.59. The second kappa shape index (κ2) is 7.98. The summed E-state index contributed by atoms with van der Waals surface area (Å²) in [7, 11) is 0. The van der Waals surface area contributed by atoms with Crippen molar-refractivity contribution in [2.75, 3.05) is 23.3 Å². The summed E-state index contributed by atoms with van der Waals surface area (Å²) >= 11 is 0. The summed E-state index contributed by atoms with van der Waals surface area (Å²) in [6, 6.07) is 5.55. The molecule has 1 aliphatic rings. The van der Waals surface area contributed by atoms with Crippen molar-refractivity contribution in [2.24, 2.45) is 0 Å². The minimum atomic E-state index is -0.119. The predicted octanol–water partition coefficient (Wildman–Crippen LogP) is 2.63. The van der Waals surface area contributed by atoms with Crippen molar-refractivity contribution < 1.29 is 0 Å². The van der Waals surface area contributed by atoms with E-state index in [0.29, 0.717) is 11.8 Å². The molecule has 29 heavy (non-hydrogen) atoms. The van der Waals surface area contributed by atoms with Gasteiger partial charge in [0.05, 0.1) is 0 Å². The summed E-state index contributed by atoms with van der Waals surface area (Å²) in [6.45, 7) is 7.48. The summed E-state index contributed by atoms with van der Waals surface area (Å²) in [6.07, 6.45) is 5.55. The molecule has 4 rings (SSSR count). The molecular formula is C21H25N7O. The van der Waals surface area contributed by atoms with Gasteiger partial charge >= 0.3 is 0 Å². The van der Waals surface area contributed by atoms with Gasteiger partial charge in [-0.25, -0.2) is 15.0 Å². The predicted molar refractivity (Wildman–Crippen MR) is 113 cm³/mol. The lowest BCUT2D eigenvalue weighted by molar-refractivity contribution is 0.520. The van der Waals surface area contributed by atoms with Crippen molar-refractivity contribution in [3.63, 3.8) is 0 Å². The quantitative estimate of drug-likeness (QED) is 0.705. The molecule has 0 saturated carbocycles. The molecular weight excluding hydrogens is 366 g/mol. The Labute approximate surface area is 169 Å². The molecule has 3 aromatic rings. The van der Waals surface area contributed by atoms with E-state index in [9.17, 15) is 4.79 Å². The van der Waals surface area contributed by atoms with Crippen LogP contribution in [0.3, 0.4) is 0 Å². The molecule has 1 aliphatic heterocycles. The summed E-state index contributed by atoms with van der Waals surface area (Å²) in [5, 5.41) is 3.60. The van der Waals surface area contributed by atoms with Crippen LogP contribution >= 0.6 is 0 Å². The molecule has 1 fully saturated rings. The Morgan fingerprint density at radius 2 is 2.07 bits per heavy atom. The molecule has 0 amide bonds. The van der Waals surface area contributed by atoms with Crippen molar-refractivity contribution in [2.45, 2.75) is 39.7 Å². The maximum atomic E-state index is 11.8. The van der Waals surface area contributed by atoms with E-state index in [1.807, 2.05) is 32.9 Å². The topological polar surface area (TPSA) is 99.7 Å². The number of piperidine rings is 1. The number of nitrogens with one attached hydrogen (secondary N) is 2. The van der Waals surface area contributed by atoms with E-state index in [1.165, 1.54) is 6.07 Å². The lowest BCUT2D eigenvalue weighted by Gasteiger charge is -2.34. The standard InChI is InChI=1S/C21H25N7O/c1-13-10-18(29)26-21(23-13)28-9-5-7-17(12-28)25-19-14(2)15(3)24-20(27-19)16-6-4-8-22-11-16/h4,6,8,10-11,17H,5,7,9,12H2,1-3H3,(H,23,26,29)(H,24,25,27). The number of aromatic amines is 1. The molecule has 2 N–H and O–H groups in total. The van der Waals surface area contributed by atoms with E-state index in [-0.39, 0.29) is 11.6 Å². The van der Waals surface area contributed by atoms with Crippen LogP contribution < -0.4 is 15.8 Å². The van der Waals surface area contributed by atoms with Gasteiger partial charge in [0, 0.05) is 60.1 Å². The summed E-state index contributed by atoms with van der Waals surface area (Å²) < 4.78 is 0. The Morgan fingerprint density at radius 3 is 2.83 bits per heavy atom. The lowest BCUT2D eigenvalue weighted by Crippen LogP contribution is -2.43. The van der Waals surface area contributed by atoms with Gasteiger partial charge in [-0.2, -0.15) is 0 Å². The first-order valence-corrected chi connectivity index (χ1v) is 9.84. The highest BCUT2D eigenvalue weighted by Gasteiger charge is 2.23. The van der Waals surface area contributed by atoms with E-state index >= 15 is 0 Å². The molecule has 8 nitrogen and oxygen atoms in total. The Kier molecular flexibility index (Phi) is 5.24. The van der Waals surface area contributed by atoms with E-state index in [0.717, 1.165) is 54.3 Å². The van der Waals surface area contributed by atoms with Crippen molar-refractivity contribution in [3.05, 3.63) is 57.9 Å². The molecule has 4 heterocycles. The smallest absolute Gasteiger partial charge is 0.252 e. The van der Waals surface area contributed by atoms with Crippen LogP contribution in [0.4, 0.5) is 11.8 Å². The van der Waals surface area contributed by atoms with Gasteiger partial charge in [-0.3, -0.25) is 14.8 Å². The first kappa shape index (κ1) is 19.0. The number of pyridine rings is 1. The van der Waals surface area contributed by atoms with Crippen LogP contribution in [-0.2, 0) is 0 Å². The minimum absolute atomic E-state index is 0.119. The zero-order valence-electron chi connectivity index (χ0n) is 16.9. The number of anilines is 2. The fourth-order valence-electron chi connectivity index (χ4n) is 3.59. The lowest BCUT2D eigenvalue weighted by atomic mass is 10.1. The minimum Gasteiger partial charge on any atom is -0.365 e. The fourth-order valence-corrected chi connectivity index (χ4v) is 3.59. The Bertz CT molecular complexity index is 1060. The molecule has 1 saturated heterocycles. The maximum Gasteiger partial charge on any atom is 0.252 e. The van der Waals surface area contributed by atoms with Gasteiger partial charge in [0.1, 0.15) is 5.82 Å². The summed E-state index contributed by atoms with van der Waals surface area (Å²) in [4.78, 5) is 34.9. The average Bonchev–Trinajstić information content (AvgIpc) is 2.71. The third kappa shape index (κ3) is 4.26. The molecule has 150 valence electrons. The number of hydrogen-bond acceptors (Lipinski definition) is 7. The zero-order chi connectivity index (χ0) is 20.4. The van der Waals surface area contributed by atoms with Crippen LogP contribution in [0.15, 0.2) is 35.4 Å². The molecule has 0 aliphatic carbocycles. The van der Waals surface area contributed by atoms with Crippen LogP contribution in [0.2, 0.25) is 0 Å².